The van der Waals surface area contributed by atoms with Gasteiger partial charge >= 0.3 is 12.4 Å². The molecule has 0 saturated heterocycles. The fraction of sp³-hybridized carbons (Fsp3) is 0.231. The Bertz CT molecular complexity index is 1270. The highest BCUT2D eigenvalue weighted by atomic mass is 19.4. The van der Waals surface area contributed by atoms with Crippen molar-refractivity contribution in [2.24, 2.45) is 0 Å². The van der Waals surface area contributed by atoms with E-state index in [-0.39, 0.29) is 5.75 Å². The third-order valence-corrected chi connectivity index (χ3v) is 5.60. The van der Waals surface area contributed by atoms with Crippen LogP contribution in [0.15, 0.2) is 72.8 Å². The number of amides is 2. The average Bonchev–Trinajstić information content (AvgIpc) is 3.28. The number of hydrogen-bond acceptors (Lipinski definition) is 4. The number of benzene rings is 3. The molecular formula is C26H25F3N4O3. The van der Waals surface area contributed by atoms with Gasteiger partial charge in [0, 0.05) is 0 Å². The zero-order valence-electron chi connectivity index (χ0n) is 19.6. The van der Waals surface area contributed by atoms with E-state index < -0.39 is 24.5 Å². The number of ether oxygens (including phenoxy) is 2. The van der Waals surface area contributed by atoms with Crippen LogP contribution >= 0.6 is 0 Å². The molecule has 2 atom stereocenters. The number of fused-ring (bicyclic) bond motifs is 1. The van der Waals surface area contributed by atoms with Gasteiger partial charge in [-0.1, -0.05) is 36.4 Å². The van der Waals surface area contributed by atoms with Gasteiger partial charge in [-0.3, -0.25) is 0 Å². The highest BCUT2D eigenvalue weighted by molar-refractivity contribution is 5.76. The van der Waals surface area contributed by atoms with Gasteiger partial charge in [-0.15, -0.1) is 13.2 Å². The van der Waals surface area contributed by atoms with Gasteiger partial charge in [0.25, 0.3) is 0 Å². The van der Waals surface area contributed by atoms with E-state index in [2.05, 4.69) is 25.3 Å². The Labute approximate surface area is 205 Å². The van der Waals surface area contributed by atoms with Crippen LogP contribution in [0.2, 0.25) is 0 Å². The Kier molecular flexibility index (Phi) is 7.33. The number of methoxy groups -OCH3 is 1. The molecule has 36 heavy (non-hydrogen) atoms. The molecule has 4 rings (SSSR count). The first kappa shape index (κ1) is 24.9. The number of hydrogen-bond donors (Lipinski definition) is 3. The van der Waals surface area contributed by atoms with Crippen LogP contribution in [-0.4, -0.2) is 29.5 Å². The summed E-state index contributed by atoms with van der Waals surface area (Å²) >= 11 is 0. The maximum atomic E-state index is 12.9. The fourth-order valence-corrected chi connectivity index (χ4v) is 3.79. The molecule has 0 spiro atoms. The second kappa shape index (κ2) is 10.6. The summed E-state index contributed by atoms with van der Waals surface area (Å²) in [6.45, 7) is 1.73. The summed E-state index contributed by atoms with van der Waals surface area (Å²) in [4.78, 5) is 20.8. The number of nitrogens with zero attached hydrogens (tertiary/aromatic N) is 1. The Morgan fingerprint density at radius 1 is 0.972 bits per heavy atom. The van der Waals surface area contributed by atoms with Crippen molar-refractivity contribution in [2.45, 2.75) is 31.8 Å². The molecule has 0 aliphatic heterocycles. The van der Waals surface area contributed by atoms with Gasteiger partial charge in [-0.2, -0.15) is 0 Å². The molecule has 10 heteroatoms. The summed E-state index contributed by atoms with van der Waals surface area (Å²) < 4.78 is 46.3. The van der Waals surface area contributed by atoms with E-state index in [4.69, 9.17) is 4.74 Å². The number of aromatic amines is 1. The van der Waals surface area contributed by atoms with E-state index in [1.54, 1.807) is 14.0 Å². The summed E-state index contributed by atoms with van der Waals surface area (Å²) in [6, 6.07) is 19.1. The molecule has 0 radical (unpaired) electrons. The van der Waals surface area contributed by atoms with Gasteiger partial charge < -0.3 is 25.1 Å². The monoisotopic (exact) mass is 498 g/mol. The molecule has 2 amide bonds. The summed E-state index contributed by atoms with van der Waals surface area (Å²) in [5, 5.41) is 5.79. The molecule has 0 fully saturated rings. The average molecular weight is 499 g/mol. The summed E-state index contributed by atoms with van der Waals surface area (Å²) in [7, 11) is 1.59. The minimum absolute atomic E-state index is 0.327. The third-order valence-electron chi connectivity index (χ3n) is 5.60. The SMILES string of the molecule is COc1ccc(C[C@@H](NC(=O)NC(C)c2ccc(OC(F)(F)F)cc2)c2nc3ccccc3[nH]2)cc1. The molecule has 7 nitrogen and oxygen atoms in total. The van der Waals surface area contributed by atoms with Gasteiger partial charge in [0.05, 0.1) is 30.2 Å². The number of aromatic nitrogens is 2. The van der Waals surface area contributed by atoms with Crippen molar-refractivity contribution in [3.05, 3.63) is 89.7 Å². The van der Waals surface area contributed by atoms with E-state index in [0.29, 0.717) is 17.8 Å². The van der Waals surface area contributed by atoms with E-state index in [0.717, 1.165) is 22.3 Å². The lowest BCUT2D eigenvalue weighted by Crippen LogP contribution is -2.40. The Balaban J connectivity index is 1.48. The Morgan fingerprint density at radius 2 is 1.64 bits per heavy atom. The summed E-state index contributed by atoms with van der Waals surface area (Å²) in [6.07, 6.45) is -4.30. The number of rotatable bonds is 8. The standard InChI is InChI=1S/C26H25F3N4O3/c1-16(18-9-13-20(14-10-18)36-26(27,28)29)30-25(34)33-23(15-17-7-11-19(35-2)12-8-17)24-31-21-5-3-4-6-22(21)32-24/h3-14,16,23H,15H2,1-2H3,(H,31,32)(H2,30,33,34)/t16?,23-/m1/s1. The van der Waals surface area contributed by atoms with E-state index in [9.17, 15) is 18.0 Å². The lowest BCUT2D eigenvalue weighted by molar-refractivity contribution is -0.274. The first-order valence-electron chi connectivity index (χ1n) is 11.2. The van der Waals surface area contributed by atoms with Crippen LogP contribution in [0.3, 0.4) is 0 Å². The topological polar surface area (TPSA) is 88.3 Å². The van der Waals surface area contributed by atoms with E-state index >= 15 is 0 Å². The van der Waals surface area contributed by atoms with Crippen LogP contribution in [0.4, 0.5) is 18.0 Å². The van der Waals surface area contributed by atoms with Gasteiger partial charge in [-0.05, 0) is 60.9 Å². The predicted molar refractivity (Wildman–Crippen MR) is 129 cm³/mol. The Hall–Kier alpha value is -4.21. The number of nitrogens with one attached hydrogen (secondary N) is 3. The van der Waals surface area contributed by atoms with Crippen LogP contribution in [0.5, 0.6) is 11.5 Å². The molecule has 3 N–H and O–H groups in total. The summed E-state index contributed by atoms with van der Waals surface area (Å²) in [5.74, 6) is 1.00. The Morgan fingerprint density at radius 3 is 2.28 bits per heavy atom. The number of urea groups is 1. The van der Waals surface area contributed by atoms with Crippen molar-refractivity contribution in [1.82, 2.24) is 20.6 Å². The number of carbonyl (C=O) groups is 1. The van der Waals surface area contributed by atoms with Crippen LogP contribution < -0.4 is 20.1 Å². The highest BCUT2D eigenvalue weighted by Gasteiger charge is 2.31. The quantitative estimate of drug-likeness (QED) is 0.286. The van der Waals surface area contributed by atoms with Crippen molar-refractivity contribution >= 4 is 17.1 Å². The van der Waals surface area contributed by atoms with Gasteiger partial charge in [0.1, 0.15) is 17.3 Å². The molecule has 0 saturated carbocycles. The molecule has 0 bridgehead atoms. The number of H-pyrrole nitrogens is 1. The zero-order valence-corrected chi connectivity index (χ0v) is 19.6. The van der Waals surface area contributed by atoms with E-state index in [1.807, 2.05) is 48.5 Å². The van der Waals surface area contributed by atoms with Crippen molar-refractivity contribution < 1.29 is 27.4 Å². The zero-order chi connectivity index (χ0) is 25.7. The van der Waals surface area contributed by atoms with Crippen molar-refractivity contribution in [3.8, 4) is 11.5 Å². The van der Waals surface area contributed by atoms with Crippen LogP contribution in [0, 0.1) is 0 Å². The predicted octanol–water partition coefficient (Wildman–Crippen LogP) is 5.81. The van der Waals surface area contributed by atoms with Gasteiger partial charge in [0.15, 0.2) is 0 Å². The number of imidazole rings is 1. The van der Waals surface area contributed by atoms with Crippen molar-refractivity contribution in [3.63, 3.8) is 0 Å². The molecule has 3 aromatic carbocycles. The normalized spacial score (nSPS) is 13.1. The molecule has 1 aromatic heterocycles. The number of carbonyl (C=O) groups excluding carboxylic acids is 1. The largest absolute Gasteiger partial charge is 0.573 e. The maximum absolute atomic E-state index is 12.9. The van der Waals surface area contributed by atoms with Crippen molar-refractivity contribution in [2.75, 3.05) is 7.11 Å². The molecular weight excluding hydrogens is 473 g/mol. The first-order chi connectivity index (χ1) is 17.2. The minimum atomic E-state index is -4.76. The second-order valence-electron chi connectivity index (χ2n) is 8.20. The van der Waals surface area contributed by atoms with Crippen LogP contribution in [-0.2, 0) is 6.42 Å². The molecule has 0 aliphatic carbocycles. The van der Waals surface area contributed by atoms with Crippen LogP contribution in [0.25, 0.3) is 11.0 Å². The number of para-hydroxylation sites is 2. The lowest BCUT2D eigenvalue weighted by atomic mass is 10.1. The van der Waals surface area contributed by atoms with Gasteiger partial charge in [0.2, 0.25) is 0 Å². The highest BCUT2D eigenvalue weighted by Crippen LogP contribution is 2.25. The number of halogens is 3. The molecule has 1 heterocycles. The first-order valence-corrected chi connectivity index (χ1v) is 11.2. The molecule has 4 aromatic rings. The van der Waals surface area contributed by atoms with Crippen LogP contribution in [0.1, 0.15) is 36.0 Å². The second-order valence-corrected chi connectivity index (χ2v) is 8.20. The summed E-state index contributed by atoms with van der Waals surface area (Å²) in [5.41, 5.74) is 3.22. The number of alkyl halides is 3. The fourth-order valence-electron chi connectivity index (χ4n) is 3.79. The maximum Gasteiger partial charge on any atom is 0.573 e. The van der Waals surface area contributed by atoms with Crippen molar-refractivity contribution in [1.29, 1.82) is 0 Å². The van der Waals surface area contributed by atoms with E-state index in [1.165, 1.54) is 24.3 Å². The molecule has 1 unspecified atom stereocenters. The third kappa shape index (κ3) is 6.47. The smallest absolute Gasteiger partial charge is 0.497 e. The molecule has 0 aliphatic rings. The molecule has 188 valence electrons. The lowest BCUT2D eigenvalue weighted by Gasteiger charge is -2.20. The van der Waals surface area contributed by atoms with Gasteiger partial charge in [-0.25, -0.2) is 9.78 Å². The minimum Gasteiger partial charge on any atom is -0.497 e.